The van der Waals surface area contributed by atoms with E-state index in [0.717, 1.165) is 25.1 Å². The summed E-state index contributed by atoms with van der Waals surface area (Å²) in [5.74, 6) is 0.320. The molecule has 0 aliphatic carbocycles. The van der Waals surface area contributed by atoms with Crippen molar-refractivity contribution in [3.05, 3.63) is 35.9 Å². The zero-order chi connectivity index (χ0) is 16.2. The molecule has 0 spiro atoms. The van der Waals surface area contributed by atoms with Gasteiger partial charge in [0, 0.05) is 31.6 Å². The molecule has 0 aromatic heterocycles. The van der Waals surface area contributed by atoms with Crippen LogP contribution < -0.4 is 0 Å². The topological polar surface area (TPSA) is 40.6 Å². The van der Waals surface area contributed by atoms with E-state index in [1.54, 1.807) is 0 Å². The van der Waals surface area contributed by atoms with Crippen LogP contribution in [0.3, 0.4) is 0 Å². The van der Waals surface area contributed by atoms with Crippen LogP contribution in [-0.2, 0) is 16.0 Å². The highest BCUT2D eigenvalue weighted by atomic mass is 16.2. The fourth-order valence-corrected chi connectivity index (χ4v) is 2.73. The number of amides is 2. The van der Waals surface area contributed by atoms with Crippen LogP contribution in [0.15, 0.2) is 30.3 Å². The molecule has 0 bridgehead atoms. The Morgan fingerprint density at radius 3 is 2.18 bits per heavy atom. The van der Waals surface area contributed by atoms with E-state index in [9.17, 15) is 9.59 Å². The second-order valence-electron chi connectivity index (χ2n) is 6.94. The van der Waals surface area contributed by atoms with E-state index in [4.69, 9.17) is 0 Å². The van der Waals surface area contributed by atoms with Crippen LogP contribution in [0.5, 0.6) is 0 Å². The molecule has 0 unspecified atom stereocenters. The maximum absolute atomic E-state index is 12.4. The summed E-state index contributed by atoms with van der Waals surface area (Å²) in [5.41, 5.74) is 0.683. The Bertz CT molecular complexity index is 520. The summed E-state index contributed by atoms with van der Waals surface area (Å²) in [6.07, 6.45) is 1.29. The molecule has 2 rings (SSSR count). The summed E-state index contributed by atoms with van der Waals surface area (Å²) < 4.78 is 0. The fourth-order valence-electron chi connectivity index (χ4n) is 2.73. The van der Waals surface area contributed by atoms with Gasteiger partial charge in [0.05, 0.1) is 6.42 Å². The van der Waals surface area contributed by atoms with Crippen LogP contribution in [0.4, 0.5) is 0 Å². The molecule has 1 saturated heterocycles. The van der Waals surface area contributed by atoms with E-state index in [1.165, 1.54) is 0 Å². The van der Waals surface area contributed by atoms with Gasteiger partial charge in [-0.2, -0.15) is 0 Å². The summed E-state index contributed by atoms with van der Waals surface area (Å²) in [5, 5.41) is 0. The van der Waals surface area contributed by atoms with Crippen LogP contribution >= 0.6 is 0 Å². The predicted octanol–water partition coefficient (Wildman–Crippen LogP) is 2.34. The summed E-state index contributed by atoms with van der Waals surface area (Å²) in [7, 11) is 0. The van der Waals surface area contributed by atoms with Gasteiger partial charge in [0.1, 0.15) is 0 Å². The van der Waals surface area contributed by atoms with E-state index >= 15 is 0 Å². The summed E-state index contributed by atoms with van der Waals surface area (Å²) in [6.45, 7) is 8.57. The van der Waals surface area contributed by atoms with Gasteiger partial charge in [0.2, 0.25) is 11.8 Å². The summed E-state index contributed by atoms with van der Waals surface area (Å²) in [4.78, 5) is 28.6. The minimum atomic E-state index is -0.358. The van der Waals surface area contributed by atoms with Crippen molar-refractivity contribution < 1.29 is 9.59 Å². The number of hydrogen-bond donors (Lipinski definition) is 0. The second kappa shape index (κ2) is 6.95. The molecular weight excluding hydrogens is 276 g/mol. The lowest BCUT2D eigenvalue weighted by atomic mass is 9.94. The molecule has 4 heteroatoms. The van der Waals surface area contributed by atoms with E-state index in [0.29, 0.717) is 19.5 Å². The van der Waals surface area contributed by atoms with Crippen molar-refractivity contribution >= 4 is 11.8 Å². The van der Waals surface area contributed by atoms with Gasteiger partial charge in [-0.25, -0.2) is 0 Å². The largest absolute Gasteiger partial charge is 0.341 e. The van der Waals surface area contributed by atoms with Gasteiger partial charge in [-0.3, -0.25) is 9.59 Å². The predicted molar refractivity (Wildman–Crippen MR) is 87.4 cm³/mol. The first-order valence-electron chi connectivity index (χ1n) is 7.99. The lowest BCUT2D eigenvalue weighted by Crippen LogP contribution is -2.42. The van der Waals surface area contributed by atoms with E-state index in [2.05, 4.69) is 0 Å². The normalized spacial score (nSPS) is 16.3. The highest BCUT2D eigenvalue weighted by Gasteiger charge is 2.29. The van der Waals surface area contributed by atoms with Gasteiger partial charge in [0.25, 0.3) is 0 Å². The van der Waals surface area contributed by atoms with Crippen LogP contribution in [-0.4, -0.2) is 47.8 Å². The summed E-state index contributed by atoms with van der Waals surface area (Å²) in [6, 6.07) is 9.82. The lowest BCUT2D eigenvalue weighted by Gasteiger charge is -2.28. The Labute approximate surface area is 133 Å². The van der Waals surface area contributed by atoms with E-state index in [1.807, 2.05) is 60.9 Å². The molecule has 0 N–H and O–H groups in total. The molecule has 2 amide bonds. The number of carbonyl (C=O) groups excluding carboxylic acids is 2. The van der Waals surface area contributed by atoms with Crippen molar-refractivity contribution in [1.29, 1.82) is 0 Å². The third kappa shape index (κ3) is 4.33. The fraction of sp³-hybridized carbons (Fsp3) is 0.556. The zero-order valence-electron chi connectivity index (χ0n) is 13.8. The Hall–Kier alpha value is -1.84. The molecule has 1 aromatic carbocycles. The van der Waals surface area contributed by atoms with E-state index in [-0.39, 0.29) is 17.2 Å². The average molecular weight is 302 g/mol. The van der Waals surface area contributed by atoms with Crippen molar-refractivity contribution in [2.24, 2.45) is 5.41 Å². The number of hydrogen-bond acceptors (Lipinski definition) is 2. The van der Waals surface area contributed by atoms with E-state index < -0.39 is 0 Å². The van der Waals surface area contributed by atoms with Crippen molar-refractivity contribution in [2.75, 3.05) is 26.2 Å². The molecule has 22 heavy (non-hydrogen) atoms. The first kappa shape index (κ1) is 16.5. The monoisotopic (exact) mass is 302 g/mol. The third-order valence-electron chi connectivity index (χ3n) is 3.98. The molecule has 1 aliphatic heterocycles. The highest BCUT2D eigenvalue weighted by Crippen LogP contribution is 2.19. The smallest absolute Gasteiger partial charge is 0.228 e. The number of rotatable bonds is 2. The third-order valence-corrected chi connectivity index (χ3v) is 3.98. The molecule has 120 valence electrons. The number of carbonyl (C=O) groups is 2. The molecule has 0 atom stereocenters. The Kier molecular flexibility index (Phi) is 5.22. The quantitative estimate of drug-likeness (QED) is 0.841. The van der Waals surface area contributed by atoms with Crippen molar-refractivity contribution in [2.45, 2.75) is 33.6 Å². The Balaban J connectivity index is 1.93. The van der Waals surface area contributed by atoms with Crippen LogP contribution in [0.1, 0.15) is 32.8 Å². The standard InChI is InChI=1S/C18H26N2O2/c1-18(2,3)17(22)20-11-7-10-19(12-13-20)16(21)14-15-8-5-4-6-9-15/h4-6,8-9H,7,10-14H2,1-3H3. The minimum absolute atomic E-state index is 0.149. The molecule has 0 radical (unpaired) electrons. The van der Waals surface area contributed by atoms with Crippen molar-refractivity contribution in [1.82, 2.24) is 9.80 Å². The summed E-state index contributed by atoms with van der Waals surface area (Å²) >= 11 is 0. The lowest BCUT2D eigenvalue weighted by molar-refractivity contribution is -0.139. The van der Waals surface area contributed by atoms with Crippen molar-refractivity contribution in [3.8, 4) is 0 Å². The van der Waals surface area contributed by atoms with Gasteiger partial charge in [0.15, 0.2) is 0 Å². The van der Waals surface area contributed by atoms with Crippen molar-refractivity contribution in [3.63, 3.8) is 0 Å². The average Bonchev–Trinajstić information content (AvgIpc) is 2.72. The Morgan fingerprint density at radius 1 is 0.955 bits per heavy atom. The molecular formula is C18H26N2O2. The molecule has 1 aromatic rings. The molecule has 4 nitrogen and oxygen atoms in total. The second-order valence-corrected chi connectivity index (χ2v) is 6.94. The number of benzene rings is 1. The van der Waals surface area contributed by atoms with Gasteiger partial charge in [-0.1, -0.05) is 51.1 Å². The van der Waals surface area contributed by atoms with Gasteiger partial charge in [-0.05, 0) is 12.0 Å². The maximum Gasteiger partial charge on any atom is 0.228 e. The van der Waals surface area contributed by atoms with Crippen LogP contribution in [0, 0.1) is 5.41 Å². The number of nitrogens with zero attached hydrogens (tertiary/aromatic N) is 2. The SMILES string of the molecule is CC(C)(C)C(=O)N1CCCN(C(=O)Cc2ccccc2)CC1. The first-order valence-corrected chi connectivity index (χ1v) is 7.99. The first-order chi connectivity index (χ1) is 10.4. The Morgan fingerprint density at radius 2 is 1.55 bits per heavy atom. The van der Waals surface area contributed by atoms with Gasteiger partial charge in [-0.15, -0.1) is 0 Å². The highest BCUT2D eigenvalue weighted by molar-refractivity contribution is 5.82. The van der Waals surface area contributed by atoms with Gasteiger partial charge >= 0.3 is 0 Å². The minimum Gasteiger partial charge on any atom is -0.341 e. The van der Waals surface area contributed by atoms with Crippen LogP contribution in [0.2, 0.25) is 0 Å². The molecule has 1 heterocycles. The maximum atomic E-state index is 12.4. The van der Waals surface area contributed by atoms with Crippen LogP contribution in [0.25, 0.3) is 0 Å². The molecule has 1 fully saturated rings. The zero-order valence-corrected chi connectivity index (χ0v) is 13.8. The molecule has 1 aliphatic rings. The van der Waals surface area contributed by atoms with Gasteiger partial charge < -0.3 is 9.80 Å². The molecule has 0 saturated carbocycles.